The summed E-state index contributed by atoms with van der Waals surface area (Å²) in [7, 11) is 0. The van der Waals surface area contributed by atoms with Gasteiger partial charge in [0, 0.05) is 17.8 Å². The number of piperazine rings is 1. The second-order valence-corrected chi connectivity index (χ2v) is 7.54. The van der Waals surface area contributed by atoms with Gasteiger partial charge in [-0.05, 0) is 43.5 Å². The lowest BCUT2D eigenvalue weighted by molar-refractivity contribution is -0.129. The van der Waals surface area contributed by atoms with Crippen LogP contribution < -0.4 is 16.0 Å². The van der Waals surface area contributed by atoms with Crippen LogP contribution in [0.2, 0.25) is 0 Å². The summed E-state index contributed by atoms with van der Waals surface area (Å²) in [5, 5.41) is 9.17. The second kappa shape index (κ2) is 9.68. The number of fused-ring (bicyclic) bond motifs is 1. The van der Waals surface area contributed by atoms with Gasteiger partial charge in [0.05, 0.1) is 24.6 Å². The zero-order valence-corrected chi connectivity index (χ0v) is 16.3. The van der Waals surface area contributed by atoms with Crippen LogP contribution in [0, 0.1) is 0 Å². The molecule has 3 rings (SSSR count). The van der Waals surface area contributed by atoms with Crippen molar-refractivity contribution in [1.82, 2.24) is 10.6 Å². The first kappa shape index (κ1) is 20.3. The number of anilines is 1. The molecule has 2 fully saturated rings. The fraction of sp³-hybridized carbons (Fsp3) is 0.571. The highest BCUT2D eigenvalue weighted by Crippen LogP contribution is 2.22. The molecule has 0 aromatic heterocycles. The number of benzene rings is 1. The largest absolute Gasteiger partial charge is 0.462 e. The first-order valence-electron chi connectivity index (χ1n) is 10.2. The Kier molecular flexibility index (Phi) is 7.03. The SMILES string of the molecule is CCCCOC(=O)c1ccc(NC(=O)C[C@@H]2N[C@H]3CCCC[C@@H]3NC2=O)cc1. The molecule has 1 heterocycles. The minimum atomic E-state index is -0.507. The van der Waals surface area contributed by atoms with Crippen LogP contribution in [0.5, 0.6) is 0 Å². The molecule has 3 N–H and O–H groups in total. The van der Waals surface area contributed by atoms with Crippen molar-refractivity contribution in [3.63, 3.8) is 0 Å². The Bertz CT molecular complexity index is 704. The van der Waals surface area contributed by atoms with Gasteiger partial charge in [0.25, 0.3) is 0 Å². The third kappa shape index (κ3) is 5.32. The maximum atomic E-state index is 12.4. The molecule has 7 heteroatoms. The number of unbranched alkanes of at least 4 members (excludes halogenated alkanes) is 1. The standard InChI is InChI=1S/C21H29N3O4/c1-2-3-12-28-21(27)14-8-10-15(11-9-14)22-19(25)13-18-20(26)24-17-7-5-4-6-16(17)23-18/h8-11,16-18,23H,2-7,12-13H2,1H3,(H,22,25)(H,24,26)/t16-,17-,18-/m0/s1. The van der Waals surface area contributed by atoms with E-state index in [1.54, 1.807) is 24.3 Å². The van der Waals surface area contributed by atoms with E-state index in [-0.39, 0.29) is 36.3 Å². The zero-order valence-electron chi connectivity index (χ0n) is 16.3. The molecule has 1 aliphatic heterocycles. The van der Waals surface area contributed by atoms with E-state index < -0.39 is 6.04 Å². The van der Waals surface area contributed by atoms with Gasteiger partial charge in [-0.2, -0.15) is 0 Å². The smallest absolute Gasteiger partial charge is 0.338 e. The van der Waals surface area contributed by atoms with E-state index in [1.165, 1.54) is 0 Å². The van der Waals surface area contributed by atoms with Crippen molar-refractivity contribution in [2.45, 2.75) is 70.0 Å². The zero-order chi connectivity index (χ0) is 19.9. The van der Waals surface area contributed by atoms with Gasteiger partial charge < -0.3 is 20.7 Å². The number of carbonyl (C=O) groups is 3. The van der Waals surface area contributed by atoms with Crippen molar-refractivity contribution in [3.05, 3.63) is 29.8 Å². The molecule has 2 aliphatic rings. The summed E-state index contributed by atoms with van der Waals surface area (Å²) >= 11 is 0. The Morgan fingerprint density at radius 1 is 1.14 bits per heavy atom. The quantitative estimate of drug-likeness (QED) is 0.493. The van der Waals surface area contributed by atoms with E-state index in [9.17, 15) is 14.4 Å². The summed E-state index contributed by atoms with van der Waals surface area (Å²) in [6, 6.07) is 6.52. The molecule has 1 aromatic carbocycles. The Hall–Kier alpha value is -2.41. The Labute approximate surface area is 165 Å². The van der Waals surface area contributed by atoms with Crippen LogP contribution in [0.1, 0.15) is 62.2 Å². The van der Waals surface area contributed by atoms with Crippen molar-refractivity contribution < 1.29 is 19.1 Å². The lowest BCUT2D eigenvalue weighted by Crippen LogP contribution is -2.65. The molecule has 7 nitrogen and oxygen atoms in total. The average Bonchev–Trinajstić information content (AvgIpc) is 2.69. The molecular formula is C21H29N3O4. The minimum absolute atomic E-state index is 0.0792. The summed E-state index contributed by atoms with van der Waals surface area (Å²) in [5.41, 5.74) is 1.03. The van der Waals surface area contributed by atoms with Crippen LogP contribution in [0.3, 0.4) is 0 Å². The highest BCUT2D eigenvalue weighted by atomic mass is 16.5. The molecule has 1 saturated carbocycles. The van der Waals surface area contributed by atoms with Crippen LogP contribution in [0.25, 0.3) is 0 Å². The van der Waals surface area contributed by atoms with Crippen molar-refractivity contribution in [3.8, 4) is 0 Å². The fourth-order valence-electron chi connectivity index (χ4n) is 3.75. The maximum absolute atomic E-state index is 12.4. The third-order valence-electron chi connectivity index (χ3n) is 5.35. The molecule has 0 bridgehead atoms. The summed E-state index contributed by atoms with van der Waals surface area (Å²) in [4.78, 5) is 36.5. The van der Waals surface area contributed by atoms with Gasteiger partial charge in [0.15, 0.2) is 0 Å². The number of hydrogen-bond donors (Lipinski definition) is 3. The molecule has 1 saturated heterocycles. The lowest BCUT2D eigenvalue weighted by Gasteiger charge is -2.40. The van der Waals surface area contributed by atoms with E-state index in [2.05, 4.69) is 16.0 Å². The lowest BCUT2D eigenvalue weighted by atomic mass is 9.87. The first-order valence-corrected chi connectivity index (χ1v) is 10.2. The van der Waals surface area contributed by atoms with Gasteiger partial charge in [0.2, 0.25) is 11.8 Å². The van der Waals surface area contributed by atoms with E-state index in [0.29, 0.717) is 17.9 Å². The Balaban J connectivity index is 1.49. The van der Waals surface area contributed by atoms with Gasteiger partial charge in [0.1, 0.15) is 0 Å². The summed E-state index contributed by atoms with van der Waals surface area (Å²) in [6.07, 6.45) is 6.19. The highest BCUT2D eigenvalue weighted by Gasteiger charge is 2.36. The van der Waals surface area contributed by atoms with Gasteiger partial charge >= 0.3 is 5.97 Å². The van der Waals surface area contributed by atoms with Crippen LogP contribution >= 0.6 is 0 Å². The van der Waals surface area contributed by atoms with Crippen molar-refractivity contribution >= 4 is 23.5 Å². The minimum Gasteiger partial charge on any atom is -0.462 e. The number of hydrogen-bond acceptors (Lipinski definition) is 5. The topological polar surface area (TPSA) is 96.5 Å². The predicted octanol–water partition coefficient (Wildman–Crippen LogP) is 2.37. The Morgan fingerprint density at radius 2 is 1.86 bits per heavy atom. The van der Waals surface area contributed by atoms with E-state index in [1.807, 2.05) is 6.92 Å². The number of nitrogens with one attached hydrogen (secondary N) is 3. The van der Waals surface area contributed by atoms with Crippen molar-refractivity contribution in [2.24, 2.45) is 0 Å². The van der Waals surface area contributed by atoms with Gasteiger partial charge in [-0.1, -0.05) is 26.2 Å². The molecule has 0 spiro atoms. The molecule has 1 aromatic rings. The van der Waals surface area contributed by atoms with Gasteiger partial charge in [-0.25, -0.2) is 4.79 Å². The second-order valence-electron chi connectivity index (χ2n) is 7.54. The maximum Gasteiger partial charge on any atom is 0.338 e. The predicted molar refractivity (Wildman–Crippen MR) is 106 cm³/mol. The molecule has 3 atom stereocenters. The molecule has 2 amide bonds. The monoisotopic (exact) mass is 387 g/mol. The molecule has 0 unspecified atom stereocenters. The highest BCUT2D eigenvalue weighted by molar-refractivity contribution is 5.96. The van der Waals surface area contributed by atoms with Crippen molar-refractivity contribution in [1.29, 1.82) is 0 Å². The average molecular weight is 387 g/mol. The Morgan fingerprint density at radius 3 is 2.57 bits per heavy atom. The fourth-order valence-corrected chi connectivity index (χ4v) is 3.75. The molecule has 0 radical (unpaired) electrons. The summed E-state index contributed by atoms with van der Waals surface area (Å²) in [6.45, 7) is 2.44. The molecular weight excluding hydrogens is 358 g/mol. The normalized spacial score (nSPS) is 24.0. The molecule has 152 valence electrons. The van der Waals surface area contributed by atoms with E-state index in [0.717, 1.165) is 38.5 Å². The van der Waals surface area contributed by atoms with Crippen molar-refractivity contribution in [2.75, 3.05) is 11.9 Å². The van der Waals surface area contributed by atoms with Gasteiger partial charge in [-0.3, -0.25) is 9.59 Å². The number of esters is 1. The van der Waals surface area contributed by atoms with Crippen LogP contribution in [-0.4, -0.2) is 42.5 Å². The number of carbonyl (C=O) groups excluding carboxylic acids is 3. The van der Waals surface area contributed by atoms with Crippen LogP contribution in [-0.2, 0) is 14.3 Å². The van der Waals surface area contributed by atoms with Crippen LogP contribution in [0.4, 0.5) is 5.69 Å². The molecule has 28 heavy (non-hydrogen) atoms. The first-order chi connectivity index (χ1) is 13.6. The third-order valence-corrected chi connectivity index (χ3v) is 5.35. The van der Waals surface area contributed by atoms with E-state index >= 15 is 0 Å². The molecule has 1 aliphatic carbocycles. The summed E-state index contributed by atoms with van der Waals surface area (Å²) < 4.78 is 5.17. The summed E-state index contributed by atoms with van der Waals surface area (Å²) in [5.74, 6) is -0.708. The number of amides is 2. The number of ether oxygens (including phenoxy) is 1. The van der Waals surface area contributed by atoms with Crippen LogP contribution in [0.15, 0.2) is 24.3 Å². The van der Waals surface area contributed by atoms with E-state index in [4.69, 9.17) is 4.74 Å². The van der Waals surface area contributed by atoms with Gasteiger partial charge in [-0.15, -0.1) is 0 Å². The number of rotatable bonds is 7.